The van der Waals surface area contributed by atoms with Gasteiger partial charge < -0.3 is 14.8 Å². The number of rotatable bonds is 10. The quantitative estimate of drug-likeness (QED) is 0.583. The van der Waals surface area contributed by atoms with Gasteiger partial charge in [0.2, 0.25) is 0 Å². The van der Waals surface area contributed by atoms with Gasteiger partial charge in [0, 0.05) is 17.8 Å². The van der Waals surface area contributed by atoms with E-state index < -0.39 is 0 Å². The lowest BCUT2D eigenvalue weighted by Crippen LogP contribution is -2.09. The second kappa shape index (κ2) is 9.97. The number of para-hydroxylation sites is 1. The molecule has 0 spiro atoms. The molecule has 0 aromatic heterocycles. The van der Waals surface area contributed by atoms with Gasteiger partial charge in [0.15, 0.2) is 0 Å². The Hall–Kier alpha value is -2.16. The van der Waals surface area contributed by atoms with Crippen LogP contribution in [0.5, 0.6) is 11.5 Å². The molecule has 0 aliphatic carbocycles. The highest BCUT2D eigenvalue weighted by atomic mass is 16.5. The van der Waals surface area contributed by atoms with E-state index in [4.69, 9.17) is 9.47 Å². The van der Waals surface area contributed by atoms with E-state index in [9.17, 15) is 0 Å². The van der Waals surface area contributed by atoms with Gasteiger partial charge in [-0.2, -0.15) is 0 Å². The second-order valence-electron chi connectivity index (χ2n) is 6.85. The Morgan fingerprint density at radius 1 is 0.960 bits per heavy atom. The molecule has 0 heterocycles. The summed E-state index contributed by atoms with van der Waals surface area (Å²) in [5.41, 5.74) is 2.25. The molecular weight excluding hydrogens is 310 g/mol. The number of benzene rings is 2. The molecule has 0 amide bonds. The van der Waals surface area contributed by atoms with Crippen molar-refractivity contribution in [3.05, 3.63) is 54.1 Å². The Bertz CT molecular complexity index is 622. The van der Waals surface area contributed by atoms with Gasteiger partial charge in [-0.25, -0.2) is 0 Å². The first kappa shape index (κ1) is 19.2. The number of hydrogen-bond acceptors (Lipinski definition) is 3. The Labute approximate surface area is 152 Å². The highest BCUT2D eigenvalue weighted by molar-refractivity contribution is 5.48. The van der Waals surface area contributed by atoms with E-state index in [2.05, 4.69) is 57.3 Å². The fraction of sp³-hybridized carbons (Fsp3) is 0.455. The summed E-state index contributed by atoms with van der Waals surface area (Å²) in [6.45, 7) is 10.1. The minimum absolute atomic E-state index is 0.244. The van der Waals surface area contributed by atoms with Crippen molar-refractivity contribution < 1.29 is 9.47 Å². The third kappa shape index (κ3) is 6.69. The molecule has 3 heteroatoms. The number of anilines is 1. The van der Waals surface area contributed by atoms with Crippen molar-refractivity contribution in [1.82, 2.24) is 0 Å². The van der Waals surface area contributed by atoms with Crippen LogP contribution in [0.1, 0.15) is 46.1 Å². The van der Waals surface area contributed by atoms with Gasteiger partial charge in [-0.05, 0) is 56.0 Å². The van der Waals surface area contributed by atoms with Gasteiger partial charge in [0.1, 0.15) is 11.5 Å². The van der Waals surface area contributed by atoms with Crippen molar-refractivity contribution in [3.63, 3.8) is 0 Å². The third-order valence-electron chi connectivity index (χ3n) is 4.17. The summed E-state index contributed by atoms with van der Waals surface area (Å²) in [5.74, 6) is 2.53. The van der Waals surface area contributed by atoms with Crippen LogP contribution in [0.3, 0.4) is 0 Å². The topological polar surface area (TPSA) is 30.5 Å². The van der Waals surface area contributed by atoms with Gasteiger partial charge in [-0.1, -0.05) is 39.0 Å². The summed E-state index contributed by atoms with van der Waals surface area (Å²) >= 11 is 0. The van der Waals surface area contributed by atoms with Crippen molar-refractivity contribution in [3.8, 4) is 11.5 Å². The summed E-state index contributed by atoms with van der Waals surface area (Å²) < 4.78 is 11.8. The molecule has 0 saturated carbocycles. The molecule has 25 heavy (non-hydrogen) atoms. The number of nitrogens with one attached hydrogen (secondary N) is 1. The highest BCUT2D eigenvalue weighted by Crippen LogP contribution is 2.22. The zero-order valence-corrected chi connectivity index (χ0v) is 15.9. The first-order valence-electron chi connectivity index (χ1n) is 9.29. The van der Waals surface area contributed by atoms with Gasteiger partial charge in [-0.3, -0.25) is 0 Å². The Kier molecular flexibility index (Phi) is 7.65. The fourth-order valence-corrected chi connectivity index (χ4v) is 2.36. The van der Waals surface area contributed by atoms with E-state index in [1.165, 1.54) is 5.56 Å². The molecule has 2 aromatic rings. The molecule has 0 fully saturated rings. The van der Waals surface area contributed by atoms with E-state index in [0.29, 0.717) is 5.92 Å². The Balaban J connectivity index is 1.90. The molecule has 136 valence electrons. The molecule has 1 unspecified atom stereocenters. The maximum atomic E-state index is 5.95. The molecular formula is C22H31NO2. The largest absolute Gasteiger partial charge is 0.493 e. The van der Waals surface area contributed by atoms with Gasteiger partial charge in [-0.15, -0.1) is 0 Å². The van der Waals surface area contributed by atoms with Crippen LogP contribution in [-0.2, 0) is 6.54 Å². The van der Waals surface area contributed by atoms with E-state index in [-0.39, 0.29) is 6.10 Å². The first-order valence-corrected chi connectivity index (χ1v) is 9.29. The lowest BCUT2D eigenvalue weighted by atomic mass is 10.1. The minimum Gasteiger partial charge on any atom is -0.493 e. The number of ether oxygens (including phenoxy) is 2. The molecule has 2 aromatic carbocycles. The van der Waals surface area contributed by atoms with Gasteiger partial charge in [0.05, 0.1) is 12.7 Å². The fourth-order valence-electron chi connectivity index (χ4n) is 2.36. The lowest BCUT2D eigenvalue weighted by molar-refractivity contribution is 0.217. The monoisotopic (exact) mass is 341 g/mol. The van der Waals surface area contributed by atoms with Crippen LogP contribution in [0.25, 0.3) is 0 Å². The van der Waals surface area contributed by atoms with Crippen LogP contribution < -0.4 is 14.8 Å². The summed E-state index contributed by atoms with van der Waals surface area (Å²) in [6, 6.07) is 16.4. The molecule has 0 aliphatic heterocycles. The zero-order chi connectivity index (χ0) is 18.1. The van der Waals surface area contributed by atoms with E-state index >= 15 is 0 Å². The van der Waals surface area contributed by atoms with Crippen LogP contribution in [0.15, 0.2) is 48.5 Å². The predicted molar refractivity (Wildman–Crippen MR) is 106 cm³/mol. The molecule has 0 saturated heterocycles. The molecule has 0 bridgehead atoms. The smallest absolute Gasteiger partial charge is 0.124 e. The van der Waals surface area contributed by atoms with Crippen LogP contribution >= 0.6 is 0 Å². The van der Waals surface area contributed by atoms with E-state index in [0.717, 1.165) is 43.2 Å². The van der Waals surface area contributed by atoms with Crippen molar-refractivity contribution in [2.75, 3.05) is 11.9 Å². The normalized spacial score (nSPS) is 12.0. The van der Waals surface area contributed by atoms with E-state index in [1.54, 1.807) is 0 Å². The summed E-state index contributed by atoms with van der Waals surface area (Å²) in [4.78, 5) is 0. The standard InChI is InChI=1S/C22H31NO2/c1-5-18(4)25-21-12-10-20(11-13-21)23-16-19-8-6-7-9-22(19)24-15-14-17(2)3/h6-13,17-18,23H,5,14-16H2,1-4H3. The van der Waals surface area contributed by atoms with Crippen LogP contribution in [0, 0.1) is 5.92 Å². The molecule has 3 nitrogen and oxygen atoms in total. The molecule has 0 aliphatic rings. The van der Waals surface area contributed by atoms with E-state index in [1.807, 2.05) is 24.3 Å². The summed E-state index contributed by atoms with van der Waals surface area (Å²) in [5, 5.41) is 3.46. The van der Waals surface area contributed by atoms with Gasteiger partial charge >= 0.3 is 0 Å². The zero-order valence-electron chi connectivity index (χ0n) is 15.9. The molecule has 1 N–H and O–H groups in total. The minimum atomic E-state index is 0.244. The van der Waals surface area contributed by atoms with Gasteiger partial charge in [0.25, 0.3) is 0 Å². The predicted octanol–water partition coefficient (Wildman–Crippen LogP) is 5.90. The maximum absolute atomic E-state index is 5.95. The van der Waals surface area contributed by atoms with Crippen molar-refractivity contribution >= 4 is 5.69 Å². The molecule has 2 rings (SSSR count). The maximum Gasteiger partial charge on any atom is 0.124 e. The highest BCUT2D eigenvalue weighted by Gasteiger charge is 2.05. The summed E-state index contributed by atoms with van der Waals surface area (Å²) in [6.07, 6.45) is 2.32. The third-order valence-corrected chi connectivity index (χ3v) is 4.17. The number of hydrogen-bond donors (Lipinski definition) is 1. The average molecular weight is 341 g/mol. The SMILES string of the molecule is CCC(C)Oc1ccc(NCc2ccccc2OCCC(C)C)cc1. The van der Waals surface area contributed by atoms with Crippen LogP contribution in [0.4, 0.5) is 5.69 Å². The van der Waals surface area contributed by atoms with Crippen LogP contribution in [0.2, 0.25) is 0 Å². The van der Waals surface area contributed by atoms with Crippen molar-refractivity contribution in [2.45, 2.75) is 53.2 Å². The Morgan fingerprint density at radius 3 is 2.36 bits per heavy atom. The second-order valence-corrected chi connectivity index (χ2v) is 6.85. The Morgan fingerprint density at radius 2 is 1.68 bits per heavy atom. The molecule has 1 atom stereocenters. The summed E-state index contributed by atoms with van der Waals surface area (Å²) in [7, 11) is 0. The van der Waals surface area contributed by atoms with Crippen molar-refractivity contribution in [1.29, 1.82) is 0 Å². The first-order chi connectivity index (χ1) is 12.1. The molecule has 0 radical (unpaired) electrons. The van der Waals surface area contributed by atoms with Crippen LogP contribution in [-0.4, -0.2) is 12.7 Å². The average Bonchev–Trinajstić information content (AvgIpc) is 2.61. The van der Waals surface area contributed by atoms with Crippen molar-refractivity contribution in [2.24, 2.45) is 5.92 Å². The lowest BCUT2D eigenvalue weighted by Gasteiger charge is -2.15.